The van der Waals surface area contributed by atoms with E-state index in [1.807, 2.05) is 55.3 Å². The summed E-state index contributed by atoms with van der Waals surface area (Å²) in [6, 6.07) is 15.3. The Morgan fingerprint density at radius 3 is 2.29 bits per heavy atom. The average Bonchev–Trinajstić information content (AvgIpc) is 2.47. The van der Waals surface area contributed by atoms with Crippen LogP contribution in [-0.2, 0) is 4.79 Å². The van der Waals surface area contributed by atoms with E-state index < -0.39 is 0 Å². The van der Waals surface area contributed by atoms with Gasteiger partial charge in [0, 0.05) is 31.2 Å². The van der Waals surface area contributed by atoms with Gasteiger partial charge >= 0.3 is 0 Å². The highest BCUT2D eigenvalue weighted by molar-refractivity contribution is 5.96. The number of aryl methyl sites for hydroxylation is 1. The Hall–Kier alpha value is -2.49. The first-order valence-corrected chi connectivity index (χ1v) is 6.88. The summed E-state index contributed by atoms with van der Waals surface area (Å²) in [6.45, 7) is 2.37. The van der Waals surface area contributed by atoms with Gasteiger partial charge in [-0.05, 0) is 42.8 Å². The minimum Gasteiger partial charge on any atom is -0.399 e. The number of likely N-dealkylation sites (N-methyl/N-ethyl adjacent to an activating group) is 2. The van der Waals surface area contributed by atoms with E-state index in [1.54, 1.807) is 24.1 Å². The summed E-state index contributed by atoms with van der Waals surface area (Å²) in [4.78, 5) is 16.0. The molecule has 4 heteroatoms. The van der Waals surface area contributed by atoms with Crippen LogP contribution in [0.3, 0.4) is 0 Å². The molecule has 2 aromatic rings. The number of nitrogen functional groups attached to an aromatic ring is 1. The third kappa shape index (κ3) is 3.54. The Labute approximate surface area is 125 Å². The second-order valence-corrected chi connectivity index (χ2v) is 5.19. The van der Waals surface area contributed by atoms with Crippen LogP contribution in [0.25, 0.3) is 0 Å². The Morgan fingerprint density at radius 2 is 1.67 bits per heavy atom. The van der Waals surface area contributed by atoms with Crippen LogP contribution >= 0.6 is 0 Å². The monoisotopic (exact) mass is 283 g/mol. The first-order chi connectivity index (χ1) is 9.99. The SMILES string of the molecule is Cc1ccccc1N(C)CC(=O)N(C)c1ccc(N)cc1. The van der Waals surface area contributed by atoms with E-state index in [9.17, 15) is 4.79 Å². The predicted molar refractivity (Wildman–Crippen MR) is 88.7 cm³/mol. The number of carbonyl (C=O) groups excluding carboxylic acids is 1. The number of anilines is 3. The number of benzene rings is 2. The zero-order valence-corrected chi connectivity index (χ0v) is 12.7. The fraction of sp³-hybridized carbons (Fsp3) is 0.235. The van der Waals surface area contributed by atoms with Gasteiger partial charge in [-0.1, -0.05) is 18.2 Å². The summed E-state index contributed by atoms with van der Waals surface area (Å²) in [5, 5.41) is 0. The fourth-order valence-corrected chi connectivity index (χ4v) is 2.23. The maximum atomic E-state index is 12.4. The van der Waals surface area contributed by atoms with Gasteiger partial charge in [0.1, 0.15) is 0 Å². The molecule has 0 spiro atoms. The molecule has 0 aliphatic heterocycles. The topological polar surface area (TPSA) is 49.6 Å². The number of para-hydroxylation sites is 1. The van der Waals surface area contributed by atoms with Crippen molar-refractivity contribution in [3.05, 3.63) is 54.1 Å². The Balaban J connectivity index is 2.07. The Morgan fingerprint density at radius 1 is 1.05 bits per heavy atom. The molecule has 0 saturated carbocycles. The minimum atomic E-state index is 0.0329. The zero-order valence-electron chi connectivity index (χ0n) is 12.7. The molecule has 110 valence electrons. The molecular weight excluding hydrogens is 262 g/mol. The van der Waals surface area contributed by atoms with E-state index in [-0.39, 0.29) is 5.91 Å². The highest BCUT2D eigenvalue weighted by atomic mass is 16.2. The standard InChI is InChI=1S/C17H21N3O/c1-13-6-4-5-7-16(13)19(2)12-17(21)20(3)15-10-8-14(18)9-11-15/h4-11H,12,18H2,1-3H3. The number of nitrogens with two attached hydrogens (primary N) is 1. The molecule has 0 heterocycles. The number of hydrogen-bond acceptors (Lipinski definition) is 3. The Bertz CT molecular complexity index is 622. The van der Waals surface area contributed by atoms with Crippen LogP contribution in [0.5, 0.6) is 0 Å². The maximum Gasteiger partial charge on any atom is 0.246 e. The Kier molecular flexibility index (Phi) is 4.48. The summed E-state index contributed by atoms with van der Waals surface area (Å²) in [6.07, 6.45) is 0. The lowest BCUT2D eigenvalue weighted by Gasteiger charge is -2.24. The molecule has 0 unspecified atom stereocenters. The van der Waals surface area contributed by atoms with Crippen molar-refractivity contribution in [3.63, 3.8) is 0 Å². The largest absolute Gasteiger partial charge is 0.399 e. The number of amides is 1. The number of carbonyl (C=O) groups is 1. The van der Waals surface area contributed by atoms with E-state index in [0.29, 0.717) is 12.2 Å². The van der Waals surface area contributed by atoms with Crippen molar-refractivity contribution in [3.8, 4) is 0 Å². The molecule has 4 nitrogen and oxygen atoms in total. The predicted octanol–water partition coefficient (Wildman–Crippen LogP) is 2.68. The van der Waals surface area contributed by atoms with E-state index in [0.717, 1.165) is 16.9 Å². The molecule has 2 aromatic carbocycles. The smallest absolute Gasteiger partial charge is 0.246 e. The third-order valence-corrected chi connectivity index (χ3v) is 3.55. The summed E-state index contributed by atoms with van der Waals surface area (Å²) in [5.41, 5.74) is 9.42. The molecule has 0 saturated heterocycles. The van der Waals surface area contributed by atoms with Crippen LogP contribution in [-0.4, -0.2) is 26.5 Å². The average molecular weight is 283 g/mol. The van der Waals surface area contributed by atoms with Crippen molar-refractivity contribution in [2.45, 2.75) is 6.92 Å². The highest BCUT2D eigenvalue weighted by Gasteiger charge is 2.14. The van der Waals surface area contributed by atoms with Gasteiger partial charge in [0.05, 0.1) is 6.54 Å². The van der Waals surface area contributed by atoms with Gasteiger partial charge < -0.3 is 15.5 Å². The van der Waals surface area contributed by atoms with Crippen LogP contribution in [0, 0.1) is 6.92 Å². The molecule has 2 rings (SSSR count). The van der Waals surface area contributed by atoms with Crippen LogP contribution in [0.1, 0.15) is 5.56 Å². The van der Waals surface area contributed by atoms with Gasteiger partial charge in [-0.3, -0.25) is 4.79 Å². The van der Waals surface area contributed by atoms with Crippen LogP contribution in [0.2, 0.25) is 0 Å². The van der Waals surface area contributed by atoms with Crippen molar-refractivity contribution < 1.29 is 4.79 Å². The highest BCUT2D eigenvalue weighted by Crippen LogP contribution is 2.19. The first-order valence-electron chi connectivity index (χ1n) is 6.88. The molecule has 0 aliphatic rings. The molecule has 0 aromatic heterocycles. The van der Waals surface area contributed by atoms with E-state index in [1.165, 1.54) is 0 Å². The number of hydrogen-bond donors (Lipinski definition) is 1. The minimum absolute atomic E-state index is 0.0329. The molecule has 1 amide bonds. The first kappa shape index (κ1) is 14.9. The summed E-state index contributed by atoms with van der Waals surface area (Å²) >= 11 is 0. The lowest BCUT2D eigenvalue weighted by atomic mass is 10.2. The van der Waals surface area contributed by atoms with E-state index >= 15 is 0 Å². The van der Waals surface area contributed by atoms with Gasteiger partial charge in [-0.15, -0.1) is 0 Å². The number of rotatable bonds is 4. The van der Waals surface area contributed by atoms with Gasteiger partial charge in [0.25, 0.3) is 0 Å². The van der Waals surface area contributed by atoms with Gasteiger partial charge in [-0.2, -0.15) is 0 Å². The van der Waals surface area contributed by atoms with Crippen molar-refractivity contribution in [1.82, 2.24) is 0 Å². The molecule has 0 aliphatic carbocycles. The molecule has 21 heavy (non-hydrogen) atoms. The molecule has 0 radical (unpaired) electrons. The summed E-state index contributed by atoms with van der Waals surface area (Å²) < 4.78 is 0. The van der Waals surface area contributed by atoms with Crippen LogP contribution in [0.4, 0.5) is 17.1 Å². The zero-order chi connectivity index (χ0) is 15.4. The normalized spacial score (nSPS) is 10.2. The van der Waals surface area contributed by atoms with Gasteiger partial charge in [0.15, 0.2) is 0 Å². The van der Waals surface area contributed by atoms with Crippen molar-refractivity contribution in [2.75, 3.05) is 36.2 Å². The van der Waals surface area contributed by atoms with Gasteiger partial charge in [-0.25, -0.2) is 0 Å². The number of nitrogens with zero attached hydrogens (tertiary/aromatic N) is 2. The maximum absolute atomic E-state index is 12.4. The lowest BCUT2D eigenvalue weighted by Crippen LogP contribution is -2.36. The van der Waals surface area contributed by atoms with Crippen molar-refractivity contribution >= 4 is 23.0 Å². The van der Waals surface area contributed by atoms with E-state index in [4.69, 9.17) is 5.73 Å². The van der Waals surface area contributed by atoms with E-state index in [2.05, 4.69) is 0 Å². The second-order valence-electron chi connectivity index (χ2n) is 5.19. The second kappa shape index (κ2) is 6.31. The van der Waals surface area contributed by atoms with Gasteiger partial charge in [0.2, 0.25) is 5.91 Å². The summed E-state index contributed by atoms with van der Waals surface area (Å²) in [5.74, 6) is 0.0329. The van der Waals surface area contributed by atoms with Crippen LogP contribution in [0.15, 0.2) is 48.5 Å². The van der Waals surface area contributed by atoms with Crippen molar-refractivity contribution in [1.29, 1.82) is 0 Å². The molecule has 0 atom stereocenters. The molecule has 2 N–H and O–H groups in total. The molecule has 0 bridgehead atoms. The molecule has 0 fully saturated rings. The fourth-order valence-electron chi connectivity index (χ4n) is 2.23. The lowest BCUT2D eigenvalue weighted by molar-refractivity contribution is -0.117. The van der Waals surface area contributed by atoms with Crippen molar-refractivity contribution in [2.24, 2.45) is 0 Å². The third-order valence-electron chi connectivity index (χ3n) is 3.55. The summed E-state index contributed by atoms with van der Waals surface area (Å²) in [7, 11) is 3.70. The quantitative estimate of drug-likeness (QED) is 0.878. The molecular formula is C17H21N3O. The van der Waals surface area contributed by atoms with Crippen LogP contribution < -0.4 is 15.5 Å².